The van der Waals surface area contributed by atoms with Crippen LogP contribution >= 0.6 is 0 Å². The van der Waals surface area contributed by atoms with Crippen LogP contribution < -0.4 is 5.32 Å². The second kappa shape index (κ2) is 8.64. The number of carbonyl (C=O) groups is 2. The molecule has 2 aliphatic heterocycles. The molecule has 0 spiro atoms. The molecule has 0 aromatic heterocycles. The van der Waals surface area contributed by atoms with E-state index in [0.29, 0.717) is 6.54 Å². The Balaban J connectivity index is 1.42. The number of benzene rings is 1. The third-order valence-electron chi connectivity index (χ3n) is 5.43. The van der Waals surface area contributed by atoms with E-state index in [2.05, 4.69) is 15.1 Å². The summed E-state index contributed by atoms with van der Waals surface area (Å²) in [5.41, 5.74) is 2.01. The minimum atomic E-state index is -0.0587. The van der Waals surface area contributed by atoms with Crippen LogP contribution in [0.25, 0.3) is 0 Å². The normalized spacial score (nSPS) is 20.2. The van der Waals surface area contributed by atoms with E-state index in [4.69, 9.17) is 0 Å². The molecule has 26 heavy (non-hydrogen) atoms. The Hall–Kier alpha value is -1.92. The van der Waals surface area contributed by atoms with Crippen molar-refractivity contribution in [2.75, 3.05) is 51.1 Å². The van der Waals surface area contributed by atoms with E-state index < -0.39 is 0 Å². The van der Waals surface area contributed by atoms with Crippen LogP contribution in [0.4, 0.5) is 5.69 Å². The molecule has 0 aliphatic carbocycles. The van der Waals surface area contributed by atoms with Gasteiger partial charge in [-0.25, -0.2) is 0 Å². The van der Waals surface area contributed by atoms with E-state index in [1.54, 1.807) is 0 Å². The summed E-state index contributed by atoms with van der Waals surface area (Å²) in [5, 5.41) is 2.95. The van der Waals surface area contributed by atoms with Gasteiger partial charge in [-0.15, -0.1) is 0 Å². The Labute approximate surface area is 156 Å². The van der Waals surface area contributed by atoms with Gasteiger partial charge < -0.3 is 10.2 Å². The molecule has 2 fully saturated rings. The minimum absolute atomic E-state index is 0.0171. The molecule has 0 radical (unpaired) electrons. The number of nitrogens with zero attached hydrogens (tertiary/aromatic N) is 3. The SMILES string of the molecule is Cc1ccc(NC(=O)CN2CCN([C@@H](C)C(=O)N3CCCC3)CC2)cc1. The molecule has 6 nitrogen and oxygen atoms in total. The first-order valence-electron chi connectivity index (χ1n) is 9.64. The number of hydrogen-bond donors (Lipinski definition) is 1. The number of likely N-dealkylation sites (tertiary alicyclic amines) is 1. The lowest BCUT2D eigenvalue weighted by Gasteiger charge is -2.38. The Morgan fingerprint density at radius 1 is 1.00 bits per heavy atom. The first kappa shape index (κ1) is 18.9. The molecular weight excluding hydrogens is 328 g/mol. The number of aryl methyl sites for hydroxylation is 1. The molecule has 2 saturated heterocycles. The molecule has 2 aliphatic rings. The molecule has 2 heterocycles. The zero-order chi connectivity index (χ0) is 18.5. The lowest BCUT2D eigenvalue weighted by Crippen LogP contribution is -2.55. The summed E-state index contributed by atoms with van der Waals surface area (Å²) in [7, 11) is 0. The third-order valence-corrected chi connectivity index (χ3v) is 5.43. The minimum Gasteiger partial charge on any atom is -0.341 e. The van der Waals surface area contributed by atoms with Crippen LogP contribution in [0.15, 0.2) is 24.3 Å². The lowest BCUT2D eigenvalue weighted by molar-refractivity contribution is -0.136. The van der Waals surface area contributed by atoms with Crippen LogP contribution in [-0.2, 0) is 9.59 Å². The highest BCUT2D eigenvalue weighted by atomic mass is 16.2. The van der Waals surface area contributed by atoms with Crippen molar-refractivity contribution in [1.82, 2.24) is 14.7 Å². The molecule has 0 saturated carbocycles. The third kappa shape index (κ3) is 4.83. The van der Waals surface area contributed by atoms with Gasteiger partial charge in [-0.2, -0.15) is 0 Å². The van der Waals surface area contributed by atoms with Crippen molar-refractivity contribution in [2.24, 2.45) is 0 Å². The summed E-state index contributed by atoms with van der Waals surface area (Å²) >= 11 is 0. The second-order valence-corrected chi connectivity index (χ2v) is 7.43. The number of hydrogen-bond acceptors (Lipinski definition) is 4. The maximum atomic E-state index is 12.5. The van der Waals surface area contributed by atoms with E-state index in [1.807, 2.05) is 43.0 Å². The average molecular weight is 358 g/mol. The fourth-order valence-electron chi connectivity index (χ4n) is 3.71. The van der Waals surface area contributed by atoms with Crippen molar-refractivity contribution < 1.29 is 9.59 Å². The van der Waals surface area contributed by atoms with Gasteiger partial charge in [0.2, 0.25) is 11.8 Å². The Morgan fingerprint density at radius 2 is 1.62 bits per heavy atom. The van der Waals surface area contributed by atoms with Gasteiger partial charge in [0.25, 0.3) is 0 Å². The zero-order valence-electron chi connectivity index (χ0n) is 15.9. The van der Waals surface area contributed by atoms with Crippen molar-refractivity contribution >= 4 is 17.5 Å². The second-order valence-electron chi connectivity index (χ2n) is 7.43. The monoisotopic (exact) mass is 358 g/mol. The van der Waals surface area contributed by atoms with Gasteiger partial charge in [0.15, 0.2) is 0 Å². The molecule has 1 aromatic carbocycles. The van der Waals surface area contributed by atoms with Gasteiger partial charge in [-0.05, 0) is 38.8 Å². The number of piperazine rings is 1. The van der Waals surface area contributed by atoms with Gasteiger partial charge in [0, 0.05) is 45.0 Å². The smallest absolute Gasteiger partial charge is 0.239 e. The first-order chi connectivity index (χ1) is 12.5. The van der Waals surface area contributed by atoms with Gasteiger partial charge in [-0.1, -0.05) is 17.7 Å². The predicted molar refractivity (Wildman–Crippen MR) is 103 cm³/mol. The molecule has 1 atom stereocenters. The molecule has 0 unspecified atom stereocenters. The highest BCUT2D eigenvalue weighted by Crippen LogP contribution is 2.14. The van der Waals surface area contributed by atoms with Crippen LogP contribution in [0, 0.1) is 6.92 Å². The quantitative estimate of drug-likeness (QED) is 0.868. The van der Waals surface area contributed by atoms with Gasteiger partial charge in [0.1, 0.15) is 0 Å². The highest BCUT2D eigenvalue weighted by molar-refractivity contribution is 5.92. The van der Waals surface area contributed by atoms with Crippen LogP contribution in [0.3, 0.4) is 0 Å². The van der Waals surface area contributed by atoms with Crippen LogP contribution in [0.5, 0.6) is 0 Å². The fraction of sp³-hybridized carbons (Fsp3) is 0.600. The van der Waals surface area contributed by atoms with Gasteiger partial charge >= 0.3 is 0 Å². The standard InChI is InChI=1S/C20H30N4O2/c1-16-5-7-18(8-6-16)21-19(25)15-22-11-13-23(14-12-22)17(2)20(26)24-9-3-4-10-24/h5-8,17H,3-4,9-15H2,1-2H3,(H,21,25)/t17-/m0/s1. The van der Waals surface area contributed by atoms with Crippen molar-refractivity contribution in [3.05, 3.63) is 29.8 Å². The van der Waals surface area contributed by atoms with Crippen molar-refractivity contribution in [3.63, 3.8) is 0 Å². The maximum Gasteiger partial charge on any atom is 0.239 e. The van der Waals surface area contributed by atoms with E-state index >= 15 is 0 Å². The predicted octanol–water partition coefficient (Wildman–Crippen LogP) is 1.56. The van der Waals surface area contributed by atoms with Crippen LogP contribution in [0.1, 0.15) is 25.3 Å². The molecule has 3 rings (SSSR count). The summed E-state index contributed by atoms with van der Waals surface area (Å²) in [6.45, 7) is 9.55. The summed E-state index contributed by atoms with van der Waals surface area (Å²) in [6.07, 6.45) is 2.25. The van der Waals surface area contributed by atoms with E-state index in [0.717, 1.165) is 57.8 Å². The summed E-state index contributed by atoms with van der Waals surface area (Å²) in [5.74, 6) is 0.275. The highest BCUT2D eigenvalue weighted by Gasteiger charge is 2.30. The fourth-order valence-corrected chi connectivity index (χ4v) is 3.71. The van der Waals surface area contributed by atoms with Crippen LogP contribution in [-0.4, -0.2) is 78.4 Å². The molecule has 1 aromatic rings. The molecular formula is C20H30N4O2. The molecule has 6 heteroatoms. The zero-order valence-corrected chi connectivity index (χ0v) is 15.9. The molecule has 0 bridgehead atoms. The van der Waals surface area contributed by atoms with Gasteiger partial charge in [-0.3, -0.25) is 19.4 Å². The molecule has 142 valence electrons. The summed E-state index contributed by atoms with van der Waals surface area (Å²) < 4.78 is 0. The maximum absolute atomic E-state index is 12.5. The van der Waals surface area contributed by atoms with Crippen molar-refractivity contribution in [2.45, 2.75) is 32.7 Å². The Kier molecular flexibility index (Phi) is 6.27. The van der Waals surface area contributed by atoms with E-state index in [9.17, 15) is 9.59 Å². The Bertz CT molecular complexity index is 617. The van der Waals surface area contributed by atoms with Gasteiger partial charge in [0.05, 0.1) is 12.6 Å². The van der Waals surface area contributed by atoms with E-state index in [1.165, 1.54) is 5.56 Å². The topological polar surface area (TPSA) is 55.9 Å². The average Bonchev–Trinajstić information content (AvgIpc) is 3.18. The van der Waals surface area contributed by atoms with Crippen molar-refractivity contribution in [1.29, 1.82) is 0 Å². The summed E-state index contributed by atoms with van der Waals surface area (Å²) in [6, 6.07) is 7.78. The number of nitrogens with one attached hydrogen (secondary N) is 1. The number of anilines is 1. The Morgan fingerprint density at radius 3 is 2.23 bits per heavy atom. The molecule has 2 amide bonds. The molecule has 1 N–H and O–H groups in total. The lowest BCUT2D eigenvalue weighted by atomic mass is 10.2. The number of carbonyl (C=O) groups excluding carboxylic acids is 2. The number of amides is 2. The summed E-state index contributed by atoms with van der Waals surface area (Å²) in [4.78, 5) is 31.2. The largest absolute Gasteiger partial charge is 0.341 e. The van der Waals surface area contributed by atoms with Crippen molar-refractivity contribution in [3.8, 4) is 0 Å². The first-order valence-corrected chi connectivity index (χ1v) is 9.64. The number of rotatable bonds is 5. The van der Waals surface area contributed by atoms with Crippen LogP contribution in [0.2, 0.25) is 0 Å². The van der Waals surface area contributed by atoms with E-state index in [-0.39, 0.29) is 17.9 Å².